The van der Waals surface area contributed by atoms with Gasteiger partial charge < -0.3 is 15.0 Å². The van der Waals surface area contributed by atoms with E-state index in [0.717, 1.165) is 44.9 Å². The summed E-state index contributed by atoms with van der Waals surface area (Å²) in [7, 11) is 0. The van der Waals surface area contributed by atoms with E-state index >= 15 is 0 Å². The van der Waals surface area contributed by atoms with Gasteiger partial charge in [0.1, 0.15) is 6.61 Å². The van der Waals surface area contributed by atoms with Crippen molar-refractivity contribution in [3.8, 4) is 0 Å². The molecule has 2 saturated heterocycles. The zero-order valence-corrected chi connectivity index (χ0v) is 9.37. The van der Waals surface area contributed by atoms with E-state index in [4.69, 9.17) is 4.74 Å². The molecule has 0 unspecified atom stereocenters. The third kappa shape index (κ3) is 2.92. The molecular weight excluding hydrogens is 192 g/mol. The van der Waals surface area contributed by atoms with E-state index in [1.807, 2.05) is 4.90 Å². The first-order valence-electron chi connectivity index (χ1n) is 5.86. The van der Waals surface area contributed by atoms with Gasteiger partial charge in [-0.15, -0.1) is 0 Å². The Morgan fingerprint density at radius 2 is 2.07 bits per heavy atom. The summed E-state index contributed by atoms with van der Waals surface area (Å²) in [5.41, 5.74) is 0. The monoisotopic (exact) mass is 212 g/mol. The number of rotatable bonds is 3. The van der Waals surface area contributed by atoms with Crippen LogP contribution < -0.4 is 5.32 Å². The Morgan fingerprint density at radius 3 is 2.60 bits per heavy atom. The highest BCUT2D eigenvalue weighted by atomic mass is 16.5. The lowest BCUT2D eigenvalue weighted by Gasteiger charge is -2.32. The number of hydrogen-bond donors (Lipinski definition) is 1. The zero-order chi connectivity index (χ0) is 10.7. The molecule has 4 nitrogen and oxygen atoms in total. The van der Waals surface area contributed by atoms with Crippen LogP contribution in [0, 0.1) is 5.92 Å². The minimum atomic E-state index is 0.161. The molecule has 0 atom stereocenters. The topological polar surface area (TPSA) is 41.6 Å². The number of nitrogens with one attached hydrogen (secondary N) is 1. The Hall–Kier alpha value is -0.610. The van der Waals surface area contributed by atoms with Gasteiger partial charge in [-0.05, 0) is 18.8 Å². The molecule has 2 aliphatic heterocycles. The van der Waals surface area contributed by atoms with E-state index < -0.39 is 0 Å². The lowest BCUT2D eigenvalue weighted by molar-refractivity contribution is -0.140. The first kappa shape index (κ1) is 10.9. The molecule has 0 aromatic rings. The van der Waals surface area contributed by atoms with Gasteiger partial charge in [0.25, 0.3) is 0 Å². The van der Waals surface area contributed by atoms with E-state index in [1.165, 1.54) is 0 Å². The molecule has 0 spiro atoms. The fraction of sp³-hybridized carbons (Fsp3) is 0.909. The molecule has 0 saturated carbocycles. The van der Waals surface area contributed by atoms with Crippen LogP contribution in [-0.2, 0) is 9.53 Å². The Bertz CT molecular complexity index is 221. The van der Waals surface area contributed by atoms with Crippen LogP contribution in [0.5, 0.6) is 0 Å². The molecule has 4 heteroatoms. The molecule has 0 radical (unpaired) electrons. The molecule has 0 aromatic heterocycles. The number of carbonyl (C=O) groups is 1. The molecule has 2 fully saturated rings. The van der Waals surface area contributed by atoms with Crippen LogP contribution >= 0.6 is 0 Å². The maximum absolute atomic E-state index is 11.7. The normalized spacial score (nSPS) is 23.9. The van der Waals surface area contributed by atoms with Gasteiger partial charge >= 0.3 is 0 Å². The quantitative estimate of drug-likeness (QED) is 0.728. The van der Waals surface area contributed by atoms with E-state index in [1.54, 1.807) is 0 Å². The third-order valence-electron chi connectivity index (χ3n) is 3.32. The van der Waals surface area contributed by atoms with Crippen molar-refractivity contribution in [1.29, 1.82) is 0 Å². The van der Waals surface area contributed by atoms with Gasteiger partial charge in [-0.3, -0.25) is 4.79 Å². The molecule has 1 amide bonds. The molecule has 2 aliphatic rings. The summed E-state index contributed by atoms with van der Waals surface area (Å²) in [6, 6.07) is 0. The van der Waals surface area contributed by atoms with Gasteiger partial charge in [0.05, 0.1) is 6.10 Å². The summed E-state index contributed by atoms with van der Waals surface area (Å²) in [5.74, 6) is 0.930. The summed E-state index contributed by atoms with van der Waals surface area (Å²) in [6.45, 7) is 6.12. The zero-order valence-electron chi connectivity index (χ0n) is 9.37. The van der Waals surface area contributed by atoms with E-state index in [9.17, 15) is 4.79 Å². The Balaban J connectivity index is 1.66. The number of hydrogen-bond acceptors (Lipinski definition) is 3. The van der Waals surface area contributed by atoms with Crippen molar-refractivity contribution in [3.05, 3.63) is 0 Å². The minimum Gasteiger partial charge on any atom is -0.366 e. The van der Waals surface area contributed by atoms with Crippen molar-refractivity contribution in [3.63, 3.8) is 0 Å². The molecule has 2 rings (SSSR count). The van der Waals surface area contributed by atoms with E-state index in [2.05, 4.69) is 12.2 Å². The van der Waals surface area contributed by atoms with Crippen LogP contribution in [0.4, 0.5) is 0 Å². The van der Waals surface area contributed by atoms with Crippen molar-refractivity contribution in [1.82, 2.24) is 10.2 Å². The highest BCUT2D eigenvalue weighted by Crippen LogP contribution is 2.16. The molecular formula is C11H20N2O2. The van der Waals surface area contributed by atoms with Gasteiger partial charge in [-0.25, -0.2) is 0 Å². The molecule has 2 heterocycles. The molecule has 0 aromatic carbocycles. The average molecular weight is 212 g/mol. The Labute approximate surface area is 91.0 Å². The number of likely N-dealkylation sites (tertiary alicyclic amines) is 1. The van der Waals surface area contributed by atoms with Crippen molar-refractivity contribution in [2.24, 2.45) is 5.92 Å². The van der Waals surface area contributed by atoms with E-state index in [-0.39, 0.29) is 18.6 Å². The van der Waals surface area contributed by atoms with Gasteiger partial charge in [0, 0.05) is 26.2 Å². The lowest BCUT2D eigenvalue weighted by atomic mass is 9.99. The second-order valence-electron chi connectivity index (χ2n) is 4.65. The van der Waals surface area contributed by atoms with Gasteiger partial charge in [0.15, 0.2) is 0 Å². The molecule has 86 valence electrons. The number of ether oxygens (including phenoxy) is 1. The van der Waals surface area contributed by atoms with E-state index in [0.29, 0.717) is 0 Å². The van der Waals surface area contributed by atoms with Crippen LogP contribution in [-0.4, -0.2) is 49.7 Å². The third-order valence-corrected chi connectivity index (χ3v) is 3.32. The van der Waals surface area contributed by atoms with Crippen LogP contribution in [0.1, 0.15) is 19.8 Å². The fourth-order valence-electron chi connectivity index (χ4n) is 1.92. The smallest absolute Gasteiger partial charge is 0.248 e. The highest BCUT2D eigenvalue weighted by molar-refractivity contribution is 5.77. The highest BCUT2D eigenvalue weighted by Gasteiger charge is 2.23. The summed E-state index contributed by atoms with van der Waals surface area (Å²) in [6.07, 6.45) is 2.53. The van der Waals surface area contributed by atoms with Crippen LogP contribution in [0.15, 0.2) is 0 Å². The first-order valence-corrected chi connectivity index (χ1v) is 5.86. The van der Waals surface area contributed by atoms with Gasteiger partial charge in [-0.1, -0.05) is 6.92 Å². The molecule has 0 aliphatic carbocycles. The molecule has 0 bridgehead atoms. The van der Waals surface area contributed by atoms with Gasteiger partial charge in [0.2, 0.25) is 5.91 Å². The standard InChI is InChI=1S/C11H20N2O2/c1-9-2-4-13(5-3-9)11(14)8-15-10-6-12-7-10/h9-10,12H,2-8H2,1H3. The molecule has 15 heavy (non-hydrogen) atoms. The second kappa shape index (κ2) is 4.94. The average Bonchev–Trinajstić information content (AvgIpc) is 2.16. The minimum absolute atomic E-state index is 0.161. The maximum Gasteiger partial charge on any atom is 0.248 e. The number of nitrogens with zero attached hydrogens (tertiary/aromatic N) is 1. The maximum atomic E-state index is 11.7. The van der Waals surface area contributed by atoms with Crippen molar-refractivity contribution >= 4 is 5.91 Å². The largest absolute Gasteiger partial charge is 0.366 e. The summed E-state index contributed by atoms with van der Waals surface area (Å²) in [4.78, 5) is 13.7. The van der Waals surface area contributed by atoms with Crippen LogP contribution in [0.25, 0.3) is 0 Å². The SMILES string of the molecule is CC1CCN(C(=O)COC2CNC2)CC1. The lowest BCUT2D eigenvalue weighted by Crippen LogP contribution is -2.50. The number of carbonyl (C=O) groups excluding carboxylic acids is 1. The summed E-state index contributed by atoms with van der Waals surface area (Å²) >= 11 is 0. The summed E-state index contributed by atoms with van der Waals surface area (Å²) in [5, 5.41) is 3.12. The van der Waals surface area contributed by atoms with Crippen molar-refractivity contribution in [2.45, 2.75) is 25.9 Å². The van der Waals surface area contributed by atoms with Crippen LogP contribution in [0.3, 0.4) is 0 Å². The first-order chi connectivity index (χ1) is 7.25. The van der Waals surface area contributed by atoms with Crippen molar-refractivity contribution < 1.29 is 9.53 Å². The predicted molar refractivity (Wildman–Crippen MR) is 57.6 cm³/mol. The second-order valence-corrected chi connectivity index (χ2v) is 4.65. The Morgan fingerprint density at radius 1 is 1.40 bits per heavy atom. The van der Waals surface area contributed by atoms with Crippen molar-refractivity contribution in [2.75, 3.05) is 32.8 Å². The number of amides is 1. The predicted octanol–water partition coefficient (Wildman–Crippen LogP) is 0.233. The summed E-state index contributed by atoms with van der Waals surface area (Å²) < 4.78 is 5.47. The molecule has 1 N–H and O–H groups in total. The number of piperidine rings is 1. The fourth-order valence-corrected chi connectivity index (χ4v) is 1.92. The van der Waals surface area contributed by atoms with Crippen LogP contribution in [0.2, 0.25) is 0 Å². The Kier molecular flexibility index (Phi) is 3.59. The van der Waals surface area contributed by atoms with Gasteiger partial charge in [-0.2, -0.15) is 0 Å².